The van der Waals surface area contributed by atoms with Gasteiger partial charge in [-0.1, -0.05) is 0 Å². The van der Waals surface area contributed by atoms with Crippen molar-refractivity contribution in [3.63, 3.8) is 0 Å². The molecule has 122 valence electrons. The summed E-state index contributed by atoms with van der Waals surface area (Å²) in [6.45, 7) is 4.34. The van der Waals surface area contributed by atoms with E-state index >= 15 is 0 Å². The van der Waals surface area contributed by atoms with E-state index in [0.717, 1.165) is 37.2 Å². The molecule has 1 aliphatic carbocycles. The summed E-state index contributed by atoms with van der Waals surface area (Å²) in [5.41, 5.74) is 0. The summed E-state index contributed by atoms with van der Waals surface area (Å²) in [6.07, 6.45) is 7.45. The van der Waals surface area contributed by atoms with E-state index in [0.29, 0.717) is 13.1 Å². The van der Waals surface area contributed by atoms with Gasteiger partial charge in [-0.2, -0.15) is 4.31 Å². The maximum atomic E-state index is 11.5. The molecule has 0 aromatic carbocycles. The van der Waals surface area contributed by atoms with Crippen molar-refractivity contribution in [2.75, 3.05) is 39.0 Å². The largest absolute Gasteiger partial charge is 0.377 e. The highest BCUT2D eigenvalue weighted by Gasteiger charge is 2.42. The van der Waals surface area contributed by atoms with Crippen LogP contribution in [0.15, 0.2) is 0 Å². The van der Waals surface area contributed by atoms with Gasteiger partial charge in [-0.05, 0) is 62.9 Å². The van der Waals surface area contributed by atoms with Crippen LogP contribution in [0.4, 0.5) is 0 Å². The molecule has 0 radical (unpaired) electrons. The van der Waals surface area contributed by atoms with E-state index in [1.54, 1.807) is 0 Å². The Morgan fingerprint density at radius 2 is 2.00 bits per heavy atom. The van der Waals surface area contributed by atoms with Crippen molar-refractivity contribution in [2.24, 2.45) is 17.8 Å². The standard InChI is InChI=1S/C15H28N2O3S/c1-21(18,19)17-8-4-14(11-17)20-9-5-13-10-15(13)12-2-6-16-7-3-12/h12-16H,2-11H2,1H3/t13-,14+,15?/m1/s1. The number of nitrogens with one attached hydrogen (secondary N) is 1. The average Bonchev–Trinajstić information content (AvgIpc) is 3.05. The number of ether oxygens (including phenoxy) is 1. The lowest BCUT2D eigenvalue weighted by atomic mass is 9.91. The van der Waals surface area contributed by atoms with Crippen LogP contribution in [0.25, 0.3) is 0 Å². The molecular weight excluding hydrogens is 288 g/mol. The Bertz CT molecular complexity index is 448. The zero-order valence-corrected chi connectivity index (χ0v) is 13.8. The van der Waals surface area contributed by atoms with Crippen LogP contribution in [-0.2, 0) is 14.8 Å². The third kappa shape index (κ3) is 4.18. The quantitative estimate of drug-likeness (QED) is 0.796. The van der Waals surface area contributed by atoms with E-state index in [2.05, 4.69) is 5.32 Å². The molecule has 2 saturated heterocycles. The molecule has 3 rings (SSSR count). The number of sulfonamides is 1. The molecule has 0 spiro atoms. The van der Waals surface area contributed by atoms with E-state index in [-0.39, 0.29) is 6.10 Å². The Morgan fingerprint density at radius 1 is 1.24 bits per heavy atom. The molecule has 0 aromatic rings. The lowest BCUT2D eigenvalue weighted by Crippen LogP contribution is -2.29. The minimum atomic E-state index is -3.04. The molecular formula is C15H28N2O3S. The van der Waals surface area contributed by atoms with Gasteiger partial charge in [0.25, 0.3) is 0 Å². The summed E-state index contributed by atoms with van der Waals surface area (Å²) < 4.78 is 30.3. The van der Waals surface area contributed by atoms with E-state index in [1.807, 2.05) is 0 Å². The van der Waals surface area contributed by atoms with Gasteiger partial charge >= 0.3 is 0 Å². The van der Waals surface area contributed by atoms with Crippen LogP contribution in [0.5, 0.6) is 0 Å². The van der Waals surface area contributed by atoms with Gasteiger partial charge in [0.2, 0.25) is 10.0 Å². The molecule has 3 fully saturated rings. The first kappa shape index (κ1) is 15.7. The number of piperidine rings is 1. The van der Waals surface area contributed by atoms with Crippen LogP contribution in [0.1, 0.15) is 32.1 Å². The maximum Gasteiger partial charge on any atom is 0.211 e. The molecule has 21 heavy (non-hydrogen) atoms. The maximum absolute atomic E-state index is 11.5. The first-order valence-electron chi connectivity index (χ1n) is 8.31. The minimum Gasteiger partial charge on any atom is -0.377 e. The highest BCUT2D eigenvalue weighted by atomic mass is 32.2. The van der Waals surface area contributed by atoms with Gasteiger partial charge in [0.05, 0.1) is 12.4 Å². The highest BCUT2D eigenvalue weighted by Crippen LogP contribution is 2.49. The van der Waals surface area contributed by atoms with Crippen molar-refractivity contribution in [1.82, 2.24) is 9.62 Å². The minimum absolute atomic E-state index is 0.107. The molecule has 0 bridgehead atoms. The molecule has 0 amide bonds. The van der Waals surface area contributed by atoms with Crippen LogP contribution >= 0.6 is 0 Å². The number of nitrogens with zero attached hydrogens (tertiary/aromatic N) is 1. The number of hydrogen-bond acceptors (Lipinski definition) is 4. The van der Waals surface area contributed by atoms with E-state index in [9.17, 15) is 8.42 Å². The van der Waals surface area contributed by atoms with Crippen molar-refractivity contribution in [3.8, 4) is 0 Å². The summed E-state index contributed by atoms with van der Waals surface area (Å²) >= 11 is 0. The number of rotatable bonds is 6. The van der Waals surface area contributed by atoms with Crippen molar-refractivity contribution in [2.45, 2.75) is 38.2 Å². The lowest BCUT2D eigenvalue weighted by molar-refractivity contribution is 0.0581. The Kier molecular flexibility index (Phi) is 4.88. The summed E-state index contributed by atoms with van der Waals surface area (Å²) in [5, 5.41) is 3.43. The molecule has 6 heteroatoms. The smallest absolute Gasteiger partial charge is 0.211 e. The molecule has 1 unspecified atom stereocenters. The Hall–Kier alpha value is -0.170. The summed E-state index contributed by atoms with van der Waals surface area (Å²) in [5.74, 6) is 2.73. The fourth-order valence-electron chi connectivity index (χ4n) is 3.97. The second-order valence-corrected chi connectivity index (χ2v) is 8.92. The molecule has 1 saturated carbocycles. The molecule has 2 aliphatic heterocycles. The van der Waals surface area contributed by atoms with E-state index in [4.69, 9.17) is 4.74 Å². The zero-order chi connectivity index (χ0) is 14.9. The highest BCUT2D eigenvalue weighted by molar-refractivity contribution is 7.88. The number of hydrogen-bond donors (Lipinski definition) is 1. The third-order valence-electron chi connectivity index (χ3n) is 5.39. The first-order chi connectivity index (χ1) is 10.0. The van der Waals surface area contributed by atoms with Crippen LogP contribution in [-0.4, -0.2) is 57.9 Å². The van der Waals surface area contributed by atoms with Crippen molar-refractivity contribution >= 4 is 10.0 Å². The van der Waals surface area contributed by atoms with Crippen LogP contribution in [0.3, 0.4) is 0 Å². The zero-order valence-electron chi connectivity index (χ0n) is 13.0. The van der Waals surface area contributed by atoms with Gasteiger partial charge in [0, 0.05) is 19.7 Å². The predicted molar refractivity (Wildman–Crippen MR) is 82.6 cm³/mol. The normalized spacial score (nSPS) is 35.2. The molecule has 3 atom stereocenters. The van der Waals surface area contributed by atoms with E-state index < -0.39 is 10.0 Å². The summed E-state index contributed by atoms with van der Waals surface area (Å²) in [7, 11) is -3.04. The van der Waals surface area contributed by atoms with Crippen LogP contribution in [0.2, 0.25) is 0 Å². The molecule has 0 aromatic heterocycles. The van der Waals surface area contributed by atoms with Crippen molar-refractivity contribution in [1.29, 1.82) is 0 Å². The second kappa shape index (κ2) is 6.52. The summed E-state index contributed by atoms with van der Waals surface area (Å²) in [6, 6.07) is 0. The predicted octanol–water partition coefficient (Wildman–Crippen LogP) is 1.06. The van der Waals surface area contributed by atoms with Gasteiger partial charge in [-0.3, -0.25) is 0 Å². The Labute approximate surface area is 128 Å². The second-order valence-electron chi connectivity index (χ2n) is 6.94. The van der Waals surface area contributed by atoms with Gasteiger partial charge in [-0.15, -0.1) is 0 Å². The molecule has 1 N–H and O–H groups in total. The third-order valence-corrected chi connectivity index (χ3v) is 6.66. The van der Waals surface area contributed by atoms with Gasteiger partial charge in [-0.25, -0.2) is 8.42 Å². The topological polar surface area (TPSA) is 58.6 Å². The van der Waals surface area contributed by atoms with Gasteiger partial charge in [0.1, 0.15) is 0 Å². The lowest BCUT2D eigenvalue weighted by Gasteiger charge is -2.22. The van der Waals surface area contributed by atoms with Crippen LogP contribution in [0, 0.1) is 17.8 Å². The van der Waals surface area contributed by atoms with Crippen molar-refractivity contribution < 1.29 is 13.2 Å². The van der Waals surface area contributed by atoms with Crippen LogP contribution < -0.4 is 5.32 Å². The average molecular weight is 316 g/mol. The summed E-state index contributed by atoms with van der Waals surface area (Å²) in [4.78, 5) is 0. The van der Waals surface area contributed by atoms with Gasteiger partial charge in [0.15, 0.2) is 0 Å². The Balaban J connectivity index is 1.31. The SMILES string of the molecule is CS(=O)(=O)N1CC[C@H](OCC[C@@H]2CC2C2CCNCC2)C1. The molecule has 5 nitrogen and oxygen atoms in total. The first-order valence-corrected chi connectivity index (χ1v) is 10.2. The Morgan fingerprint density at radius 3 is 2.67 bits per heavy atom. The fourth-order valence-corrected chi connectivity index (χ4v) is 4.85. The van der Waals surface area contributed by atoms with Crippen molar-refractivity contribution in [3.05, 3.63) is 0 Å². The monoisotopic (exact) mass is 316 g/mol. The molecule has 3 aliphatic rings. The van der Waals surface area contributed by atoms with Gasteiger partial charge < -0.3 is 10.1 Å². The van der Waals surface area contributed by atoms with E-state index in [1.165, 1.54) is 42.9 Å². The fraction of sp³-hybridized carbons (Fsp3) is 1.00. The molecule has 2 heterocycles.